The third kappa shape index (κ3) is 4.27. The highest BCUT2D eigenvalue weighted by atomic mass is 16.2. The Labute approximate surface area is 124 Å². The summed E-state index contributed by atoms with van der Waals surface area (Å²) in [4.78, 5) is 25.5. The molecule has 1 aliphatic rings. The van der Waals surface area contributed by atoms with E-state index in [1.807, 2.05) is 36.1 Å². The number of nitrogens with one attached hydrogen (secondary N) is 2. The van der Waals surface area contributed by atoms with Gasteiger partial charge in [0.15, 0.2) is 0 Å². The molecule has 0 saturated carbocycles. The van der Waals surface area contributed by atoms with Gasteiger partial charge in [-0.05, 0) is 24.6 Å². The van der Waals surface area contributed by atoms with Crippen molar-refractivity contribution in [2.45, 2.75) is 25.9 Å². The van der Waals surface area contributed by atoms with Gasteiger partial charge in [0.25, 0.3) is 0 Å². The summed E-state index contributed by atoms with van der Waals surface area (Å²) in [5.41, 5.74) is 7.31. The fourth-order valence-electron chi connectivity index (χ4n) is 2.38. The van der Waals surface area contributed by atoms with E-state index >= 15 is 0 Å². The average molecular weight is 290 g/mol. The summed E-state index contributed by atoms with van der Waals surface area (Å²) in [5.74, 6) is -0.0281. The van der Waals surface area contributed by atoms with Crippen molar-refractivity contribution in [3.05, 3.63) is 29.8 Å². The fourth-order valence-corrected chi connectivity index (χ4v) is 2.38. The van der Waals surface area contributed by atoms with Gasteiger partial charge in [-0.25, -0.2) is 0 Å². The molecule has 2 rings (SSSR count). The minimum Gasteiger partial charge on any atom is -0.353 e. The van der Waals surface area contributed by atoms with Crippen molar-refractivity contribution in [2.75, 3.05) is 25.0 Å². The molecule has 1 heterocycles. The highest BCUT2D eigenvalue weighted by Gasteiger charge is 2.25. The highest BCUT2D eigenvalue weighted by Crippen LogP contribution is 2.11. The van der Waals surface area contributed by atoms with Crippen molar-refractivity contribution in [3.63, 3.8) is 0 Å². The molecule has 1 unspecified atom stereocenters. The zero-order valence-corrected chi connectivity index (χ0v) is 12.3. The van der Waals surface area contributed by atoms with E-state index in [9.17, 15) is 9.59 Å². The summed E-state index contributed by atoms with van der Waals surface area (Å²) in [5, 5.41) is 5.67. The smallest absolute Gasteiger partial charge is 0.237 e. The molecular weight excluding hydrogens is 268 g/mol. The zero-order chi connectivity index (χ0) is 15.2. The number of anilines is 1. The summed E-state index contributed by atoms with van der Waals surface area (Å²) in [6, 6.07) is 7.33. The third-order valence-electron chi connectivity index (χ3n) is 3.70. The fraction of sp³-hybridized carbons (Fsp3) is 0.467. The molecule has 1 aliphatic heterocycles. The van der Waals surface area contributed by atoms with E-state index in [2.05, 4.69) is 10.6 Å². The molecule has 0 bridgehead atoms. The molecule has 0 aliphatic carbocycles. The summed E-state index contributed by atoms with van der Waals surface area (Å²) in [7, 11) is 0. The average Bonchev–Trinajstić information content (AvgIpc) is 2.49. The number of hydrogen-bond acceptors (Lipinski definition) is 4. The summed E-state index contributed by atoms with van der Waals surface area (Å²) in [6.07, 6.45) is 0.366. The van der Waals surface area contributed by atoms with Crippen molar-refractivity contribution >= 4 is 17.5 Å². The molecule has 0 spiro atoms. The van der Waals surface area contributed by atoms with Crippen LogP contribution in [0.25, 0.3) is 0 Å². The van der Waals surface area contributed by atoms with Gasteiger partial charge in [0, 0.05) is 38.3 Å². The number of rotatable bonds is 5. The summed E-state index contributed by atoms with van der Waals surface area (Å²) >= 11 is 0. The van der Waals surface area contributed by atoms with Gasteiger partial charge in [-0.3, -0.25) is 14.5 Å². The molecule has 0 radical (unpaired) electrons. The summed E-state index contributed by atoms with van der Waals surface area (Å²) < 4.78 is 0. The molecule has 2 amide bonds. The second kappa shape index (κ2) is 7.19. The normalized spacial score (nSPS) is 19.1. The Bertz CT molecular complexity index is 518. The second-order valence-corrected chi connectivity index (χ2v) is 5.21. The van der Waals surface area contributed by atoms with Crippen LogP contribution in [0.4, 0.5) is 5.69 Å². The Morgan fingerprint density at radius 1 is 1.52 bits per heavy atom. The Balaban J connectivity index is 1.83. The van der Waals surface area contributed by atoms with Gasteiger partial charge in [0.05, 0.1) is 6.04 Å². The first-order chi connectivity index (χ1) is 10.1. The topological polar surface area (TPSA) is 87.5 Å². The lowest BCUT2D eigenvalue weighted by molar-refractivity contribution is -0.129. The van der Waals surface area contributed by atoms with E-state index in [1.165, 1.54) is 0 Å². The van der Waals surface area contributed by atoms with Gasteiger partial charge in [0.1, 0.15) is 0 Å². The first-order valence-electron chi connectivity index (χ1n) is 7.21. The van der Waals surface area contributed by atoms with Gasteiger partial charge in [-0.1, -0.05) is 12.1 Å². The van der Waals surface area contributed by atoms with Crippen molar-refractivity contribution in [1.29, 1.82) is 0 Å². The monoisotopic (exact) mass is 290 g/mol. The predicted octanol–water partition coefficient (Wildman–Crippen LogP) is 0.294. The Hall–Kier alpha value is -1.92. The molecule has 1 aromatic rings. The first-order valence-corrected chi connectivity index (χ1v) is 7.21. The van der Waals surface area contributed by atoms with Crippen LogP contribution in [0.5, 0.6) is 0 Å². The first kappa shape index (κ1) is 15.5. The molecule has 114 valence electrons. The second-order valence-electron chi connectivity index (χ2n) is 5.21. The molecule has 1 saturated heterocycles. The lowest BCUT2D eigenvalue weighted by Crippen LogP contribution is -2.54. The van der Waals surface area contributed by atoms with Gasteiger partial charge in [0.2, 0.25) is 11.8 Å². The number of piperazine rings is 1. The van der Waals surface area contributed by atoms with Gasteiger partial charge < -0.3 is 16.4 Å². The summed E-state index contributed by atoms with van der Waals surface area (Å²) in [6.45, 7) is 4.31. The maximum Gasteiger partial charge on any atom is 0.237 e. The zero-order valence-electron chi connectivity index (χ0n) is 12.3. The number of benzene rings is 1. The predicted molar refractivity (Wildman–Crippen MR) is 81.6 cm³/mol. The number of nitrogens with two attached hydrogens (primary N) is 1. The molecule has 1 aromatic carbocycles. The molecule has 6 nitrogen and oxygen atoms in total. The maximum absolute atomic E-state index is 12.0. The van der Waals surface area contributed by atoms with E-state index in [4.69, 9.17) is 5.73 Å². The van der Waals surface area contributed by atoms with Crippen LogP contribution in [0.2, 0.25) is 0 Å². The van der Waals surface area contributed by atoms with Crippen molar-refractivity contribution in [1.82, 2.24) is 10.2 Å². The number of carbonyl (C=O) groups excluding carboxylic acids is 2. The molecule has 1 atom stereocenters. The number of carbonyl (C=O) groups is 2. The Kier molecular flexibility index (Phi) is 5.30. The van der Waals surface area contributed by atoms with Crippen LogP contribution in [0.15, 0.2) is 24.3 Å². The van der Waals surface area contributed by atoms with E-state index in [0.717, 1.165) is 17.8 Å². The molecule has 21 heavy (non-hydrogen) atoms. The minimum atomic E-state index is -0.174. The van der Waals surface area contributed by atoms with E-state index in [-0.39, 0.29) is 17.9 Å². The van der Waals surface area contributed by atoms with E-state index in [0.29, 0.717) is 26.1 Å². The van der Waals surface area contributed by atoms with Crippen LogP contribution in [0.3, 0.4) is 0 Å². The maximum atomic E-state index is 12.0. The molecule has 1 fully saturated rings. The molecule has 4 N–H and O–H groups in total. The molecule has 0 aromatic heterocycles. The van der Waals surface area contributed by atoms with Crippen LogP contribution >= 0.6 is 0 Å². The molecular formula is C15H22N4O2. The van der Waals surface area contributed by atoms with E-state index < -0.39 is 0 Å². The Morgan fingerprint density at radius 2 is 2.33 bits per heavy atom. The van der Waals surface area contributed by atoms with Crippen LogP contribution in [-0.2, 0) is 16.1 Å². The van der Waals surface area contributed by atoms with Crippen molar-refractivity contribution in [2.24, 2.45) is 5.73 Å². The lowest BCUT2D eigenvalue weighted by Gasteiger charge is -2.32. The highest BCUT2D eigenvalue weighted by molar-refractivity contribution is 5.91. The van der Waals surface area contributed by atoms with Crippen LogP contribution in [-0.4, -0.2) is 42.4 Å². The van der Waals surface area contributed by atoms with Gasteiger partial charge in [-0.2, -0.15) is 0 Å². The van der Waals surface area contributed by atoms with Crippen LogP contribution < -0.4 is 16.4 Å². The van der Waals surface area contributed by atoms with Crippen molar-refractivity contribution in [3.8, 4) is 0 Å². The van der Waals surface area contributed by atoms with E-state index in [1.54, 1.807) is 0 Å². The van der Waals surface area contributed by atoms with Gasteiger partial charge in [-0.15, -0.1) is 0 Å². The van der Waals surface area contributed by atoms with Crippen LogP contribution in [0, 0.1) is 0 Å². The Morgan fingerprint density at radius 3 is 3.10 bits per heavy atom. The van der Waals surface area contributed by atoms with Gasteiger partial charge >= 0.3 is 0 Å². The number of nitrogens with zero attached hydrogens (tertiary/aromatic N) is 1. The lowest BCUT2D eigenvalue weighted by atomic mass is 10.2. The number of hydrogen-bond donors (Lipinski definition) is 3. The third-order valence-corrected chi connectivity index (χ3v) is 3.70. The van der Waals surface area contributed by atoms with Crippen molar-refractivity contribution < 1.29 is 9.59 Å². The quantitative estimate of drug-likeness (QED) is 0.727. The SMILES string of the molecule is CC1C(=O)NCCN1CCC(=O)Nc1cccc(CN)c1. The standard InChI is InChI=1S/C15H22N4O2/c1-11-15(21)17-6-8-19(11)7-5-14(20)18-13-4-2-3-12(9-13)10-16/h2-4,9,11H,5-8,10,16H2,1H3,(H,17,21)(H,18,20). The largest absolute Gasteiger partial charge is 0.353 e. The minimum absolute atomic E-state index is 0.0253. The molecule has 6 heteroatoms. The number of amides is 2. The van der Waals surface area contributed by atoms with Crippen LogP contribution in [0.1, 0.15) is 18.9 Å².